The zero-order valence-electron chi connectivity index (χ0n) is 10.4. The number of hydrogen-bond donors (Lipinski definition) is 0. The Morgan fingerprint density at radius 2 is 1.90 bits per heavy atom. The van der Waals surface area contributed by atoms with Gasteiger partial charge in [0.25, 0.3) is 0 Å². The lowest BCUT2D eigenvalue weighted by Gasteiger charge is -2.04. The summed E-state index contributed by atoms with van der Waals surface area (Å²) in [6.07, 6.45) is -4.64. The van der Waals surface area contributed by atoms with Crippen LogP contribution < -0.4 is 0 Å². The molecule has 0 saturated carbocycles. The van der Waals surface area contributed by atoms with Crippen LogP contribution >= 0.6 is 11.6 Å². The van der Waals surface area contributed by atoms with Gasteiger partial charge < -0.3 is 0 Å². The Hall–Kier alpha value is -1.82. The molecule has 0 fully saturated rings. The molecular formula is C13H10ClF3N2O. The number of carbonyl (C=O) groups is 1. The van der Waals surface area contributed by atoms with Crippen molar-refractivity contribution in [3.05, 3.63) is 51.8 Å². The fraction of sp³-hybridized carbons (Fsp3) is 0.231. The number of benzene rings is 1. The Labute approximate surface area is 118 Å². The van der Waals surface area contributed by atoms with Crippen LogP contribution in [0, 0.1) is 6.92 Å². The highest BCUT2D eigenvalue weighted by Crippen LogP contribution is 2.33. The number of nitrogens with zero attached hydrogens (tertiary/aromatic N) is 2. The highest BCUT2D eigenvalue weighted by Gasteiger charge is 2.39. The van der Waals surface area contributed by atoms with Gasteiger partial charge in [0.05, 0.1) is 12.1 Å². The van der Waals surface area contributed by atoms with Crippen molar-refractivity contribution in [1.29, 1.82) is 0 Å². The van der Waals surface area contributed by atoms with Crippen LogP contribution in [0.5, 0.6) is 0 Å². The van der Waals surface area contributed by atoms with E-state index < -0.39 is 17.4 Å². The second-order valence-corrected chi connectivity index (χ2v) is 4.67. The molecule has 0 aliphatic carbocycles. The Bertz CT molecular complexity index is 632. The molecule has 1 aromatic carbocycles. The van der Waals surface area contributed by atoms with Crippen molar-refractivity contribution in [3.63, 3.8) is 0 Å². The van der Waals surface area contributed by atoms with Gasteiger partial charge in [-0.25, -0.2) is 4.68 Å². The van der Waals surface area contributed by atoms with Crippen LogP contribution in [-0.4, -0.2) is 16.1 Å². The molecule has 1 aromatic heterocycles. The molecule has 2 aromatic rings. The van der Waals surface area contributed by atoms with Gasteiger partial charge in [0, 0.05) is 0 Å². The van der Waals surface area contributed by atoms with Crippen molar-refractivity contribution in [3.8, 4) is 0 Å². The Balaban J connectivity index is 2.40. The van der Waals surface area contributed by atoms with Crippen molar-refractivity contribution < 1.29 is 18.0 Å². The number of halogens is 4. The van der Waals surface area contributed by atoms with Crippen molar-refractivity contribution in [2.45, 2.75) is 19.6 Å². The second kappa shape index (κ2) is 5.28. The molecule has 7 heteroatoms. The number of carbonyl (C=O) groups excluding carboxylic acids is 1. The molecule has 20 heavy (non-hydrogen) atoms. The topological polar surface area (TPSA) is 34.9 Å². The summed E-state index contributed by atoms with van der Waals surface area (Å²) >= 11 is 5.79. The predicted molar refractivity (Wildman–Crippen MR) is 67.9 cm³/mol. The van der Waals surface area contributed by atoms with Crippen molar-refractivity contribution in [2.24, 2.45) is 0 Å². The van der Waals surface area contributed by atoms with Crippen molar-refractivity contribution in [1.82, 2.24) is 9.78 Å². The van der Waals surface area contributed by atoms with E-state index in [1.54, 1.807) is 12.1 Å². The summed E-state index contributed by atoms with van der Waals surface area (Å²) in [6.45, 7) is 1.97. The molecule has 2 rings (SSSR count). The molecule has 0 N–H and O–H groups in total. The number of aryl methyl sites for hydroxylation is 1. The minimum absolute atomic E-state index is 0.0655. The van der Waals surface area contributed by atoms with E-state index >= 15 is 0 Å². The molecular weight excluding hydrogens is 293 g/mol. The molecule has 106 valence electrons. The lowest BCUT2D eigenvalue weighted by molar-refractivity contribution is -0.141. The first-order valence-corrected chi connectivity index (χ1v) is 6.05. The number of rotatable bonds is 3. The first-order valence-electron chi connectivity index (χ1n) is 5.67. The summed E-state index contributed by atoms with van der Waals surface area (Å²) in [5, 5.41) is 3.09. The fourth-order valence-electron chi connectivity index (χ4n) is 1.74. The van der Waals surface area contributed by atoms with Gasteiger partial charge in [0.15, 0.2) is 12.0 Å². The molecule has 1 heterocycles. The van der Waals surface area contributed by atoms with E-state index in [0.29, 0.717) is 0 Å². The van der Waals surface area contributed by atoms with Crippen molar-refractivity contribution in [2.75, 3.05) is 0 Å². The molecule has 0 atom stereocenters. The first-order chi connectivity index (χ1) is 9.32. The summed E-state index contributed by atoms with van der Waals surface area (Å²) in [7, 11) is 0. The zero-order chi connectivity index (χ0) is 14.9. The van der Waals surface area contributed by atoms with E-state index in [1.807, 2.05) is 19.1 Å². The van der Waals surface area contributed by atoms with Crippen LogP contribution in [0.4, 0.5) is 13.2 Å². The normalized spacial score (nSPS) is 11.7. The zero-order valence-corrected chi connectivity index (χ0v) is 11.2. The summed E-state index contributed by atoms with van der Waals surface area (Å²) in [4.78, 5) is 10.8. The number of alkyl halides is 3. The summed E-state index contributed by atoms with van der Waals surface area (Å²) in [5.41, 5.74) is -0.119. The number of aromatic nitrogens is 2. The minimum Gasteiger partial charge on any atom is -0.298 e. The predicted octanol–water partition coefficient (Wildman–Crippen LogP) is 3.72. The molecule has 0 unspecified atom stereocenters. The van der Waals surface area contributed by atoms with Gasteiger partial charge in [-0.2, -0.15) is 18.3 Å². The number of aldehydes is 1. The maximum Gasteiger partial charge on any atom is 0.435 e. The Morgan fingerprint density at radius 1 is 1.30 bits per heavy atom. The third-order valence-corrected chi connectivity index (χ3v) is 3.16. The van der Waals surface area contributed by atoms with Gasteiger partial charge in [0.1, 0.15) is 5.15 Å². The monoisotopic (exact) mass is 302 g/mol. The van der Waals surface area contributed by atoms with Gasteiger partial charge in [-0.05, 0) is 12.5 Å². The molecule has 0 aliphatic heterocycles. The smallest absolute Gasteiger partial charge is 0.298 e. The van der Waals surface area contributed by atoms with Crippen LogP contribution in [-0.2, 0) is 12.7 Å². The van der Waals surface area contributed by atoms with E-state index in [1.165, 1.54) is 0 Å². The third kappa shape index (κ3) is 2.85. The maximum atomic E-state index is 12.7. The fourth-order valence-corrected chi connectivity index (χ4v) is 1.97. The standard InChI is InChI=1S/C13H10ClF3N2O/c1-8-2-4-9(5-3-8)6-19-12(14)10(7-20)11(18-19)13(15,16)17/h2-5,7H,6H2,1H3. The van der Waals surface area contributed by atoms with E-state index in [0.717, 1.165) is 15.8 Å². The highest BCUT2D eigenvalue weighted by atomic mass is 35.5. The second-order valence-electron chi connectivity index (χ2n) is 4.31. The molecule has 0 bridgehead atoms. The molecule has 0 spiro atoms. The van der Waals surface area contributed by atoms with Gasteiger partial charge in [-0.1, -0.05) is 41.4 Å². The molecule has 0 radical (unpaired) electrons. The summed E-state index contributed by atoms with van der Waals surface area (Å²) in [6, 6.07) is 7.19. The van der Waals surface area contributed by atoms with Crippen LogP contribution in [0.2, 0.25) is 5.15 Å². The van der Waals surface area contributed by atoms with Gasteiger partial charge >= 0.3 is 6.18 Å². The molecule has 0 aliphatic rings. The van der Waals surface area contributed by atoms with Gasteiger partial charge in [0.2, 0.25) is 0 Å². The quantitative estimate of drug-likeness (QED) is 0.810. The van der Waals surface area contributed by atoms with Gasteiger partial charge in [-0.15, -0.1) is 0 Å². The van der Waals surface area contributed by atoms with Gasteiger partial charge in [-0.3, -0.25) is 4.79 Å². The average Bonchev–Trinajstić information content (AvgIpc) is 2.69. The van der Waals surface area contributed by atoms with Crippen LogP contribution in [0.3, 0.4) is 0 Å². The van der Waals surface area contributed by atoms with E-state index in [4.69, 9.17) is 11.6 Å². The SMILES string of the molecule is Cc1ccc(Cn2nc(C(F)(F)F)c(C=O)c2Cl)cc1. The van der Waals surface area contributed by atoms with E-state index in [9.17, 15) is 18.0 Å². The number of hydrogen-bond acceptors (Lipinski definition) is 2. The van der Waals surface area contributed by atoms with E-state index in [-0.39, 0.29) is 18.0 Å². The molecule has 0 amide bonds. The van der Waals surface area contributed by atoms with Crippen molar-refractivity contribution >= 4 is 17.9 Å². The average molecular weight is 303 g/mol. The largest absolute Gasteiger partial charge is 0.435 e. The highest BCUT2D eigenvalue weighted by molar-refractivity contribution is 6.32. The maximum absolute atomic E-state index is 12.7. The summed E-state index contributed by atoms with van der Waals surface area (Å²) < 4.78 is 39.2. The van der Waals surface area contributed by atoms with Crippen LogP contribution in [0.15, 0.2) is 24.3 Å². The Kier molecular flexibility index (Phi) is 3.85. The Morgan fingerprint density at radius 3 is 2.35 bits per heavy atom. The summed E-state index contributed by atoms with van der Waals surface area (Å²) in [5.74, 6) is 0. The lowest BCUT2D eigenvalue weighted by atomic mass is 10.1. The van der Waals surface area contributed by atoms with Crippen LogP contribution in [0.1, 0.15) is 27.2 Å². The van der Waals surface area contributed by atoms with Crippen LogP contribution in [0.25, 0.3) is 0 Å². The minimum atomic E-state index is -4.71. The molecule has 3 nitrogen and oxygen atoms in total. The van der Waals surface area contributed by atoms with E-state index in [2.05, 4.69) is 5.10 Å². The first kappa shape index (κ1) is 14.6. The lowest BCUT2D eigenvalue weighted by Crippen LogP contribution is -2.10. The third-order valence-electron chi connectivity index (χ3n) is 2.76. The molecule has 0 saturated heterocycles.